The number of carbonyl (C=O) groups is 1. The van der Waals surface area contributed by atoms with E-state index in [2.05, 4.69) is 50.5 Å². The van der Waals surface area contributed by atoms with E-state index < -0.39 is 0 Å². The molecule has 2 aliphatic rings. The SMILES string of the molecule is CC(=O)NC(C)(C)[C@]1(C)CC2(CCNCC2)c2cc(C)c(Cl)cc21. The third-order valence-corrected chi connectivity index (χ3v) is 6.99. The summed E-state index contributed by atoms with van der Waals surface area (Å²) in [5, 5.41) is 7.52. The lowest BCUT2D eigenvalue weighted by Crippen LogP contribution is -2.57. The van der Waals surface area contributed by atoms with Gasteiger partial charge in [-0.15, -0.1) is 0 Å². The minimum atomic E-state index is -0.333. The molecule has 1 heterocycles. The maximum Gasteiger partial charge on any atom is 0.217 e. The molecule has 3 nitrogen and oxygen atoms in total. The van der Waals surface area contributed by atoms with Crippen molar-refractivity contribution in [3.05, 3.63) is 33.8 Å². The minimum Gasteiger partial charge on any atom is -0.351 e. The summed E-state index contributed by atoms with van der Waals surface area (Å²) in [5.74, 6) is 0.0206. The molecule has 1 aromatic rings. The number of piperidine rings is 1. The molecular weight excluding hydrogens is 320 g/mol. The van der Waals surface area contributed by atoms with Gasteiger partial charge in [-0.3, -0.25) is 4.79 Å². The molecule has 2 N–H and O–H groups in total. The molecule has 1 spiro atoms. The monoisotopic (exact) mass is 348 g/mol. The Hall–Kier alpha value is -1.06. The summed E-state index contributed by atoms with van der Waals surface area (Å²) in [6, 6.07) is 4.46. The highest BCUT2D eigenvalue weighted by Crippen LogP contribution is 2.58. The highest BCUT2D eigenvalue weighted by Gasteiger charge is 2.56. The van der Waals surface area contributed by atoms with Crippen LogP contribution in [0.3, 0.4) is 0 Å². The van der Waals surface area contributed by atoms with Crippen LogP contribution in [-0.2, 0) is 15.6 Å². The molecule has 1 aromatic carbocycles. The average Bonchev–Trinajstić information content (AvgIpc) is 2.70. The Morgan fingerprint density at radius 3 is 2.46 bits per heavy atom. The summed E-state index contributed by atoms with van der Waals surface area (Å²) in [5.41, 5.74) is 3.64. The number of carbonyl (C=O) groups excluding carboxylic acids is 1. The number of hydrogen-bond acceptors (Lipinski definition) is 2. The first-order valence-electron chi connectivity index (χ1n) is 8.92. The molecule has 1 saturated heterocycles. The van der Waals surface area contributed by atoms with E-state index in [4.69, 9.17) is 11.6 Å². The molecule has 132 valence electrons. The van der Waals surface area contributed by atoms with Gasteiger partial charge in [-0.1, -0.05) is 24.6 Å². The van der Waals surface area contributed by atoms with Gasteiger partial charge >= 0.3 is 0 Å². The third kappa shape index (κ3) is 2.57. The molecule has 4 heteroatoms. The number of hydrogen-bond donors (Lipinski definition) is 2. The Balaban J connectivity index is 2.18. The first-order chi connectivity index (χ1) is 11.1. The van der Waals surface area contributed by atoms with Crippen molar-refractivity contribution in [2.24, 2.45) is 0 Å². The lowest BCUT2D eigenvalue weighted by Gasteiger charge is -2.45. The maximum absolute atomic E-state index is 11.8. The molecule has 1 aliphatic heterocycles. The van der Waals surface area contributed by atoms with Gasteiger partial charge < -0.3 is 10.6 Å². The van der Waals surface area contributed by atoms with Gasteiger partial charge in [-0.25, -0.2) is 0 Å². The smallest absolute Gasteiger partial charge is 0.217 e. The second-order valence-corrected chi connectivity index (χ2v) is 8.90. The van der Waals surface area contributed by atoms with Crippen LogP contribution in [0.15, 0.2) is 12.1 Å². The van der Waals surface area contributed by atoms with Gasteiger partial charge in [0.2, 0.25) is 5.91 Å². The Morgan fingerprint density at radius 1 is 1.25 bits per heavy atom. The van der Waals surface area contributed by atoms with Crippen LogP contribution in [0.25, 0.3) is 0 Å². The lowest BCUT2D eigenvalue weighted by molar-refractivity contribution is -0.121. The highest BCUT2D eigenvalue weighted by atomic mass is 35.5. The molecule has 0 unspecified atom stereocenters. The number of nitrogens with one attached hydrogen (secondary N) is 2. The van der Waals surface area contributed by atoms with Crippen LogP contribution in [0.1, 0.15) is 63.6 Å². The molecule has 0 aromatic heterocycles. The molecule has 0 saturated carbocycles. The van der Waals surface area contributed by atoms with Crippen LogP contribution in [0, 0.1) is 6.92 Å². The summed E-state index contributed by atoms with van der Waals surface area (Å²) >= 11 is 6.50. The van der Waals surface area contributed by atoms with Crippen LogP contribution in [0.5, 0.6) is 0 Å². The number of rotatable bonds is 2. The molecule has 24 heavy (non-hydrogen) atoms. The number of fused-ring (bicyclic) bond motifs is 2. The predicted octanol–water partition coefficient (Wildman–Crippen LogP) is 3.85. The van der Waals surface area contributed by atoms with Crippen LogP contribution >= 0.6 is 11.6 Å². The van der Waals surface area contributed by atoms with Gasteiger partial charge in [0.05, 0.1) is 0 Å². The second-order valence-electron chi connectivity index (χ2n) is 8.49. The highest BCUT2D eigenvalue weighted by molar-refractivity contribution is 6.31. The Morgan fingerprint density at radius 2 is 1.88 bits per heavy atom. The van der Waals surface area contributed by atoms with Crippen LogP contribution in [0.2, 0.25) is 5.02 Å². The van der Waals surface area contributed by atoms with Gasteiger partial charge in [-0.05, 0) is 81.3 Å². The number of benzene rings is 1. The molecule has 1 atom stereocenters. The number of amides is 1. The van der Waals surface area contributed by atoms with Crippen LogP contribution in [-0.4, -0.2) is 24.5 Å². The average molecular weight is 349 g/mol. The van der Waals surface area contributed by atoms with E-state index in [0.29, 0.717) is 0 Å². The van der Waals surface area contributed by atoms with Crippen molar-refractivity contribution in [1.82, 2.24) is 10.6 Å². The standard InChI is InChI=1S/C20H29ClN2O/c1-13-10-16-15(11-17(13)21)19(5,18(3,4)23-14(2)24)12-20(16)6-8-22-9-7-20/h10-11,22H,6-9,12H2,1-5H3,(H,23,24)/t19-/m1/s1. The molecule has 1 aliphatic carbocycles. The molecular formula is C20H29ClN2O. The fourth-order valence-corrected chi connectivity index (χ4v) is 5.09. The van der Waals surface area contributed by atoms with Crippen molar-refractivity contribution < 1.29 is 4.79 Å². The Labute approximate surface area is 150 Å². The summed E-state index contributed by atoms with van der Waals surface area (Å²) in [4.78, 5) is 11.8. The van der Waals surface area contributed by atoms with E-state index in [9.17, 15) is 4.79 Å². The fourth-order valence-electron chi connectivity index (χ4n) is 4.93. The fraction of sp³-hybridized carbons (Fsp3) is 0.650. The third-order valence-electron chi connectivity index (χ3n) is 6.59. The van der Waals surface area contributed by atoms with Gasteiger partial charge in [0.1, 0.15) is 0 Å². The minimum absolute atomic E-state index is 0.0206. The molecule has 1 fully saturated rings. The van der Waals surface area contributed by atoms with E-state index in [1.807, 2.05) is 0 Å². The first-order valence-corrected chi connectivity index (χ1v) is 9.30. The topological polar surface area (TPSA) is 41.1 Å². The normalized spacial score (nSPS) is 25.6. The number of aryl methyl sites for hydroxylation is 1. The van der Waals surface area contributed by atoms with Gasteiger partial charge in [0, 0.05) is 22.9 Å². The van der Waals surface area contributed by atoms with Crippen molar-refractivity contribution in [1.29, 1.82) is 0 Å². The van der Waals surface area contributed by atoms with Crippen LogP contribution in [0.4, 0.5) is 0 Å². The van der Waals surface area contributed by atoms with Crippen molar-refractivity contribution in [3.8, 4) is 0 Å². The van der Waals surface area contributed by atoms with Gasteiger partial charge in [-0.2, -0.15) is 0 Å². The van der Waals surface area contributed by atoms with E-state index in [1.165, 1.54) is 11.1 Å². The summed E-state index contributed by atoms with van der Waals surface area (Å²) < 4.78 is 0. The number of halogens is 1. The maximum atomic E-state index is 11.8. The first kappa shape index (κ1) is 17.8. The van der Waals surface area contributed by atoms with Crippen molar-refractivity contribution in [3.63, 3.8) is 0 Å². The van der Waals surface area contributed by atoms with E-state index >= 15 is 0 Å². The van der Waals surface area contributed by atoms with Crippen molar-refractivity contribution >= 4 is 17.5 Å². The quantitative estimate of drug-likeness (QED) is 0.852. The van der Waals surface area contributed by atoms with E-state index in [1.54, 1.807) is 6.92 Å². The van der Waals surface area contributed by atoms with Crippen molar-refractivity contribution in [2.45, 2.75) is 70.3 Å². The Kier molecular flexibility index (Phi) is 4.25. The molecule has 3 rings (SSSR count). The van der Waals surface area contributed by atoms with E-state index in [-0.39, 0.29) is 22.3 Å². The Bertz CT molecular complexity index is 676. The zero-order valence-electron chi connectivity index (χ0n) is 15.5. The lowest BCUT2D eigenvalue weighted by atomic mass is 9.65. The molecule has 0 bridgehead atoms. The van der Waals surface area contributed by atoms with Crippen LogP contribution < -0.4 is 10.6 Å². The summed E-state index contributed by atoms with van der Waals surface area (Å²) in [6.07, 6.45) is 3.35. The van der Waals surface area contributed by atoms with E-state index in [0.717, 1.165) is 42.9 Å². The summed E-state index contributed by atoms with van der Waals surface area (Å²) in [7, 11) is 0. The van der Waals surface area contributed by atoms with Crippen molar-refractivity contribution in [2.75, 3.05) is 13.1 Å². The van der Waals surface area contributed by atoms with Gasteiger partial charge in [0.25, 0.3) is 0 Å². The summed E-state index contributed by atoms with van der Waals surface area (Å²) in [6.45, 7) is 12.4. The molecule has 1 amide bonds. The van der Waals surface area contributed by atoms with Gasteiger partial charge in [0.15, 0.2) is 0 Å². The predicted molar refractivity (Wildman–Crippen MR) is 99.8 cm³/mol. The zero-order chi connectivity index (χ0) is 17.8. The largest absolute Gasteiger partial charge is 0.351 e. The second kappa shape index (κ2) is 5.74. The molecule has 0 radical (unpaired) electrons. The zero-order valence-corrected chi connectivity index (χ0v) is 16.2.